The van der Waals surface area contributed by atoms with Crippen molar-refractivity contribution in [1.82, 2.24) is 4.98 Å². The van der Waals surface area contributed by atoms with E-state index in [0.717, 1.165) is 0 Å². The van der Waals surface area contributed by atoms with Crippen molar-refractivity contribution in [2.45, 2.75) is 0 Å². The van der Waals surface area contributed by atoms with Gasteiger partial charge in [0.25, 0.3) is 5.91 Å². The van der Waals surface area contributed by atoms with E-state index in [4.69, 9.17) is 28.9 Å². The van der Waals surface area contributed by atoms with Gasteiger partial charge in [-0.1, -0.05) is 29.3 Å². The number of nitrogens with zero attached hydrogens (tertiary/aromatic N) is 1. The lowest BCUT2D eigenvalue weighted by Gasteiger charge is -2.09. The summed E-state index contributed by atoms with van der Waals surface area (Å²) in [4.78, 5) is 15.5. The number of carbonyl (C=O) groups is 1. The molecule has 2 aromatic rings. The molecule has 0 aliphatic rings. The van der Waals surface area contributed by atoms with Crippen LogP contribution in [0.15, 0.2) is 30.5 Å². The maximum atomic E-state index is 13.6. The van der Waals surface area contributed by atoms with Crippen molar-refractivity contribution in [3.63, 3.8) is 0 Å². The molecule has 0 radical (unpaired) electrons. The van der Waals surface area contributed by atoms with Gasteiger partial charge in [0.05, 0.1) is 21.3 Å². The number of pyridine rings is 1. The minimum absolute atomic E-state index is 0.214. The molecule has 7 heteroatoms. The first-order chi connectivity index (χ1) is 9.00. The molecule has 4 nitrogen and oxygen atoms in total. The Morgan fingerprint density at radius 2 is 1.89 bits per heavy atom. The SMILES string of the molecule is Nc1nccc(C(=O)Nc2c(Cl)cccc2Cl)c1F. The Balaban J connectivity index is 2.34. The summed E-state index contributed by atoms with van der Waals surface area (Å²) in [5.74, 6) is -1.94. The number of nitrogens with two attached hydrogens (primary N) is 1. The van der Waals surface area contributed by atoms with Gasteiger partial charge in [0.15, 0.2) is 11.6 Å². The van der Waals surface area contributed by atoms with Crippen LogP contribution < -0.4 is 11.1 Å². The molecule has 0 saturated carbocycles. The van der Waals surface area contributed by atoms with Gasteiger partial charge < -0.3 is 11.1 Å². The van der Waals surface area contributed by atoms with Gasteiger partial charge in [0, 0.05) is 6.20 Å². The zero-order valence-electron chi connectivity index (χ0n) is 9.45. The maximum absolute atomic E-state index is 13.6. The Morgan fingerprint density at radius 1 is 1.26 bits per heavy atom. The first-order valence-electron chi connectivity index (χ1n) is 5.16. The lowest BCUT2D eigenvalue weighted by atomic mass is 10.2. The first kappa shape index (κ1) is 13.6. The molecule has 0 bridgehead atoms. The fraction of sp³-hybridized carbons (Fsp3) is 0. The summed E-state index contributed by atoms with van der Waals surface area (Å²) in [5.41, 5.74) is 5.27. The van der Waals surface area contributed by atoms with Gasteiger partial charge in [-0.15, -0.1) is 0 Å². The van der Waals surface area contributed by atoms with E-state index in [2.05, 4.69) is 10.3 Å². The zero-order valence-corrected chi connectivity index (χ0v) is 11.0. The quantitative estimate of drug-likeness (QED) is 0.893. The number of aromatic nitrogens is 1. The number of nitrogens with one attached hydrogen (secondary N) is 1. The second-order valence-corrected chi connectivity index (χ2v) is 4.42. The molecule has 0 unspecified atom stereocenters. The monoisotopic (exact) mass is 299 g/mol. The molecular formula is C12H8Cl2FN3O. The standard InChI is InChI=1S/C12H8Cl2FN3O/c13-7-2-1-3-8(14)10(7)18-12(19)6-4-5-17-11(16)9(6)15/h1-5H,(H2,16,17)(H,18,19). The number of para-hydroxylation sites is 1. The lowest BCUT2D eigenvalue weighted by Crippen LogP contribution is -2.15. The normalized spacial score (nSPS) is 10.3. The third kappa shape index (κ3) is 2.77. The van der Waals surface area contributed by atoms with E-state index < -0.39 is 11.7 Å². The Bertz CT molecular complexity index is 629. The molecule has 1 aromatic heterocycles. The molecule has 1 amide bonds. The van der Waals surface area contributed by atoms with E-state index in [1.807, 2.05) is 0 Å². The van der Waals surface area contributed by atoms with Crippen LogP contribution in [0.2, 0.25) is 10.0 Å². The predicted octanol–water partition coefficient (Wildman–Crippen LogP) is 3.36. The smallest absolute Gasteiger partial charge is 0.258 e. The van der Waals surface area contributed by atoms with Crippen molar-refractivity contribution in [2.75, 3.05) is 11.1 Å². The van der Waals surface area contributed by atoms with Crippen molar-refractivity contribution < 1.29 is 9.18 Å². The summed E-state index contributed by atoms with van der Waals surface area (Å²) in [5, 5.41) is 2.94. The fourth-order valence-electron chi connectivity index (χ4n) is 1.43. The van der Waals surface area contributed by atoms with Crippen LogP contribution in [-0.2, 0) is 0 Å². The molecular weight excluding hydrogens is 292 g/mol. The molecule has 3 N–H and O–H groups in total. The van der Waals surface area contributed by atoms with Crippen LogP contribution in [0, 0.1) is 5.82 Å². The number of hydrogen-bond donors (Lipinski definition) is 2. The zero-order chi connectivity index (χ0) is 14.0. The van der Waals surface area contributed by atoms with Crippen LogP contribution in [-0.4, -0.2) is 10.9 Å². The number of amides is 1. The van der Waals surface area contributed by atoms with Gasteiger partial charge >= 0.3 is 0 Å². The number of nitrogen functional groups attached to an aromatic ring is 1. The van der Waals surface area contributed by atoms with Gasteiger partial charge in [-0.25, -0.2) is 9.37 Å². The van der Waals surface area contributed by atoms with Gasteiger partial charge in [0.2, 0.25) is 0 Å². The molecule has 1 heterocycles. The fourth-order valence-corrected chi connectivity index (χ4v) is 1.93. The van der Waals surface area contributed by atoms with Crippen LogP contribution in [0.4, 0.5) is 15.9 Å². The van der Waals surface area contributed by atoms with Gasteiger partial charge in [0.1, 0.15) is 0 Å². The number of anilines is 2. The van der Waals surface area contributed by atoms with Crippen molar-refractivity contribution in [1.29, 1.82) is 0 Å². The largest absolute Gasteiger partial charge is 0.381 e. The molecule has 0 saturated heterocycles. The van der Waals surface area contributed by atoms with Gasteiger partial charge in [-0.2, -0.15) is 0 Å². The molecule has 0 aliphatic heterocycles. The summed E-state index contributed by atoms with van der Waals surface area (Å²) in [6, 6.07) is 5.96. The number of rotatable bonds is 2. The molecule has 1 aromatic carbocycles. The summed E-state index contributed by atoms with van der Waals surface area (Å²) >= 11 is 11.8. The molecule has 98 valence electrons. The topological polar surface area (TPSA) is 68.0 Å². The number of halogens is 3. The highest BCUT2D eigenvalue weighted by Crippen LogP contribution is 2.30. The Kier molecular flexibility index (Phi) is 3.87. The van der Waals surface area contributed by atoms with Crippen LogP contribution in [0.3, 0.4) is 0 Å². The highest BCUT2D eigenvalue weighted by molar-refractivity contribution is 6.40. The first-order valence-corrected chi connectivity index (χ1v) is 5.91. The Hall–Kier alpha value is -1.85. The number of carbonyl (C=O) groups excluding carboxylic acids is 1. The van der Waals surface area contributed by atoms with E-state index in [9.17, 15) is 9.18 Å². The minimum Gasteiger partial charge on any atom is -0.381 e. The van der Waals surface area contributed by atoms with Crippen LogP contribution in [0.25, 0.3) is 0 Å². The summed E-state index contributed by atoms with van der Waals surface area (Å²) in [6.07, 6.45) is 1.24. The van der Waals surface area contributed by atoms with E-state index in [1.54, 1.807) is 18.2 Å². The molecule has 0 spiro atoms. The van der Waals surface area contributed by atoms with Crippen molar-refractivity contribution in [3.8, 4) is 0 Å². The summed E-state index contributed by atoms with van der Waals surface area (Å²) in [6.45, 7) is 0. The van der Waals surface area contributed by atoms with Crippen LogP contribution in [0.5, 0.6) is 0 Å². The average molecular weight is 300 g/mol. The molecule has 0 aliphatic carbocycles. The summed E-state index contributed by atoms with van der Waals surface area (Å²) in [7, 11) is 0. The summed E-state index contributed by atoms with van der Waals surface area (Å²) < 4.78 is 13.6. The second kappa shape index (κ2) is 5.42. The van der Waals surface area contributed by atoms with Crippen molar-refractivity contribution in [2.24, 2.45) is 0 Å². The van der Waals surface area contributed by atoms with Crippen molar-refractivity contribution in [3.05, 3.63) is 51.9 Å². The van der Waals surface area contributed by atoms with E-state index in [1.165, 1.54) is 12.3 Å². The highest BCUT2D eigenvalue weighted by Gasteiger charge is 2.16. The lowest BCUT2D eigenvalue weighted by molar-refractivity contribution is 0.102. The van der Waals surface area contributed by atoms with Gasteiger partial charge in [-0.05, 0) is 18.2 Å². The van der Waals surface area contributed by atoms with E-state index in [0.29, 0.717) is 0 Å². The average Bonchev–Trinajstić information content (AvgIpc) is 2.37. The predicted molar refractivity (Wildman–Crippen MR) is 73.0 cm³/mol. The third-order valence-electron chi connectivity index (χ3n) is 2.36. The molecule has 2 rings (SSSR count). The Labute approximate surface area is 118 Å². The second-order valence-electron chi connectivity index (χ2n) is 3.61. The Morgan fingerprint density at radius 3 is 2.53 bits per heavy atom. The number of hydrogen-bond acceptors (Lipinski definition) is 3. The number of benzene rings is 1. The molecule has 0 fully saturated rings. The minimum atomic E-state index is -0.886. The third-order valence-corrected chi connectivity index (χ3v) is 2.99. The van der Waals surface area contributed by atoms with Crippen LogP contribution in [0.1, 0.15) is 10.4 Å². The maximum Gasteiger partial charge on any atom is 0.258 e. The highest BCUT2D eigenvalue weighted by atomic mass is 35.5. The molecule has 19 heavy (non-hydrogen) atoms. The van der Waals surface area contributed by atoms with E-state index >= 15 is 0 Å². The van der Waals surface area contributed by atoms with E-state index in [-0.39, 0.29) is 27.1 Å². The van der Waals surface area contributed by atoms with Crippen molar-refractivity contribution >= 4 is 40.6 Å². The van der Waals surface area contributed by atoms with Crippen LogP contribution >= 0.6 is 23.2 Å². The molecule has 0 atom stereocenters. The van der Waals surface area contributed by atoms with Gasteiger partial charge in [-0.3, -0.25) is 4.79 Å².